The van der Waals surface area contributed by atoms with Crippen molar-refractivity contribution >= 4 is 17.5 Å². The number of hydrogen-bond donors (Lipinski definition) is 1. The van der Waals surface area contributed by atoms with E-state index in [2.05, 4.69) is 5.32 Å². The molecule has 4 nitrogen and oxygen atoms in total. The monoisotopic (exact) mass is 234 g/mol. The van der Waals surface area contributed by atoms with Crippen molar-refractivity contribution in [3.63, 3.8) is 0 Å². The fourth-order valence-corrected chi connectivity index (χ4v) is 1.63. The minimum absolute atomic E-state index is 0.0118. The van der Waals surface area contributed by atoms with Gasteiger partial charge in [0.25, 0.3) is 5.91 Å². The smallest absolute Gasteiger partial charge is 0.253 e. The molecular weight excluding hydrogens is 216 g/mol. The summed E-state index contributed by atoms with van der Waals surface area (Å²) in [6, 6.07) is 6.98. The average Bonchev–Trinajstić information content (AvgIpc) is 2.30. The minimum Gasteiger partial charge on any atom is -0.339 e. The Morgan fingerprint density at radius 1 is 1.24 bits per heavy atom. The molecule has 1 aromatic rings. The van der Waals surface area contributed by atoms with Gasteiger partial charge in [0, 0.05) is 31.3 Å². The molecule has 17 heavy (non-hydrogen) atoms. The van der Waals surface area contributed by atoms with E-state index in [1.165, 1.54) is 6.92 Å². The summed E-state index contributed by atoms with van der Waals surface area (Å²) in [7, 11) is 0. The molecule has 0 bridgehead atoms. The molecule has 1 aromatic carbocycles. The van der Waals surface area contributed by atoms with Crippen molar-refractivity contribution in [1.82, 2.24) is 4.90 Å². The van der Waals surface area contributed by atoms with Crippen molar-refractivity contribution in [2.24, 2.45) is 0 Å². The molecule has 0 unspecified atom stereocenters. The molecule has 0 aromatic heterocycles. The molecule has 0 fully saturated rings. The summed E-state index contributed by atoms with van der Waals surface area (Å²) in [6.45, 7) is 6.69. The summed E-state index contributed by atoms with van der Waals surface area (Å²) in [5.74, 6) is -0.153. The first kappa shape index (κ1) is 13.2. The van der Waals surface area contributed by atoms with Crippen LogP contribution in [-0.4, -0.2) is 29.8 Å². The van der Waals surface area contributed by atoms with Gasteiger partial charge in [0.05, 0.1) is 0 Å². The maximum atomic E-state index is 12.1. The number of nitrogens with zero attached hydrogens (tertiary/aromatic N) is 1. The van der Waals surface area contributed by atoms with Crippen LogP contribution in [0.1, 0.15) is 31.1 Å². The highest BCUT2D eigenvalue weighted by atomic mass is 16.2. The van der Waals surface area contributed by atoms with E-state index in [1.54, 1.807) is 29.2 Å². The summed E-state index contributed by atoms with van der Waals surface area (Å²) in [5.41, 5.74) is 1.25. The Hall–Kier alpha value is -1.84. The quantitative estimate of drug-likeness (QED) is 0.867. The third kappa shape index (κ3) is 3.59. The van der Waals surface area contributed by atoms with Gasteiger partial charge in [-0.3, -0.25) is 9.59 Å². The highest BCUT2D eigenvalue weighted by Crippen LogP contribution is 2.12. The Kier molecular flexibility index (Phi) is 4.69. The van der Waals surface area contributed by atoms with Gasteiger partial charge in [0.15, 0.2) is 0 Å². The van der Waals surface area contributed by atoms with E-state index in [4.69, 9.17) is 0 Å². The highest BCUT2D eigenvalue weighted by Gasteiger charge is 2.12. The molecule has 0 spiro atoms. The van der Waals surface area contributed by atoms with Crippen molar-refractivity contribution in [3.05, 3.63) is 29.8 Å². The minimum atomic E-state index is -0.141. The number of carbonyl (C=O) groups excluding carboxylic acids is 2. The topological polar surface area (TPSA) is 49.4 Å². The van der Waals surface area contributed by atoms with Crippen LogP contribution < -0.4 is 5.32 Å². The Labute approximate surface area is 102 Å². The summed E-state index contributed by atoms with van der Waals surface area (Å²) < 4.78 is 0. The number of nitrogens with one attached hydrogen (secondary N) is 1. The van der Waals surface area contributed by atoms with E-state index in [-0.39, 0.29) is 11.8 Å². The van der Waals surface area contributed by atoms with Crippen molar-refractivity contribution < 1.29 is 9.59 Å². The van der Waals surface area contributed by atoms with E-state index >= 15 is 0 Å². The van der Waals surface area contributed by atoms with Crippen molar-refractivity contribution in [2.75, 3.05) is 18.4 Å². The Balaban J connectivity index is 2.90. The van der Waals surface area contributed by atoms with E-state index in [0.717, 1.165) is 0 Å². The zero-order chi connectivity index (χ0) is 12.8. The van der Waals surface area contributed by atoms with Gasteiger partial charge >= 0.3 is 0 Å². The molecule has 4 heteroatoms. The normalized spacial score (nSPS) is 9.82. The second-order valence-corrected chi connectivity index (χ2v) is 3.74. The van der Waals surface area contributed by atoms with Crippen molar-refractivity contribution in [1.29, 1.82) is 0 Å². The third-order valence-electron chi connectivity index (χ3n) is 2.48. The molecule has 2 amide bonds. The van der Waals surface area contributed by atoms with Gasteiger partial charge in [-0.2, -0.15) is 0 Å². The molecule has 0 atom stereocenters. The van der Waals surface area contributed by atoms with Crippen LogP contribution in [0, 0.1) is 0 Å². The number of hydrogen-bond acceptors (Lipinski definition) is 2. The largest absolute Gasteiger partial charge is 0.339 e. The van der Waals surface area contributed by atoms with E-state index in [0.29, 0.717) is 24.3 Å². The molecule has 1 rings (SSSR count). The van der Waals surface area contributed by atoms with Gasteiger partial charge in [-0.25, -0.2) is 0 Å². The highest BCUT2D eigenvalue weighted by molar-refractivity contribution is 5.96. The van der Waals surface area contributed by atoms with Gasteiger partial charge in [-0.1, -0.05) is 6.07 Å². The summed E-state index contributed by atoms with van der Waals surface area (Å²) in [4.78, 5) is 24.7. The number of carbonyl (C=O) groups is 2. The molecule has 0 aliphatic rings. The summed E-state index contributed by atoms with van der Waals surface area (Å²) in [6.07, 6.45) is 0. The Bertz CT molecular complexity index is 412. The number of rotatable bonds is 4. The number of benzene rings is 1. The SMILES string of the molecule is CCN(CC)C(=O)c1cccc(NC(C)=O)c1. The molecule has 0 saturated carbocycles. The van der Waals surface area contributed by atoms with Gasteiger partial charge in [0.2, 0.25) is 5.91 Å². The second-order valence-electron chi connectivity index (χ2n) is 3.74. The van der Waals surface area contributed by atoms with Gasteiger partial charge in [0.1, 0.15) is 0 Å². The van der Waals surface area contributed by atoms with E-state index in [1.807, 2.05) is 13.8 Å². The van der Waals surface area contributed by atoms with Crippen LogP contribution in [0.15, 0.2) is 24.3 Å². The first-order valence-electron chi connectivity index (χ1n) is 5.75. The standard InChI is InChI=1S/C13H18N2O2/c1-4-15(5-2)13(17)11-7-6-8-12(9-11)14-10(3)16/h6-9H,4-5H2,1-3H3,(H,14,16). The molecule has 0 radical (unpaired) electrons. The lowest BCUT2D eigenvalue weighted by Gasteiger charge is -2.18. The second kappa shape index (κ2) is 6.03. The molecule has 1 N–H and O–H groups in total. The van der Waals surface area contributed by atoms with Crippen LogP contribution in [0.3, 0.4) is 0 Å². The van der Waals surface area contributed by atoms with Gasteiger partial charge in [-0.15, -0.1) is 0 Å². The van der Waals surface area contributed by atoms with Crippen LogP contribution in [0.5, 0.6) is 0 Å². The van der Waals surface area contributed by atoms with Crippen molar-refractivity contribution in [2.45, 2.75) is 20.8 Å². The molecular formula is C13H18N2O2. The van der Waals surface area contributed by atoms with E-state index in [9.17, 15) is 9.59 Å². The molecule has 0 saturated heterocycles. The van der Waals surface area contributed by atoms with Crippen molar-refractivity contribution in [3.8, 4) is 0 Å². The fourth-order valence-electron chi connectivity index (χ4n) is 1.63. The lowest BCUT2D eigenvalue weighted by atomic mass is 10.1. The summed E-state index contributed by atoms with van der Waals surface area (Å²) >= 11 is 0. The maximum Gasteiger partial charge on any atom is 0.253 e. The predicted octanol–water partition coefficient (Wildman–Crippen LogP) is 2.13. The molecule has 92 valence electrons. The first-order chi connectivity index (χ1) is 8.08. The number of amides is 2. The van der Waals surface area contributed by atoms with E-state index < -0.39 is 0 Å². The van der Waals surface area contributed by atoms with Crippen LogP contribution in [-0.2, 0) is 4.79 Å². The van der Waals surface area contributed by atoms with Gasteiger partial charge < -0.3 is 10.2 Å². The number of anilines is 1. The molecule has 0 heterocycles. The zero-order valence-corrected chi connectivity index (χ0v) is 10.5. The van der Waals surface area contributed by atoms with Crippen LogP contribution in [0.2, 0.25) is 0 Å². The first-order valence-corrected chi connectivity index (χ1v) is 5.75. The van der Waals surface area contributed by atoms with Gasteiger partial charge in [-0.05, 0) is 32.0 Å². The Morgan fingerprint density at radius 2 is 1.88 bits per heavy atom. The van der Waals surface area contributed by atoms with Crippen LogP contribution >= 0.6 is 0 Å². The predicted molar refractivity (Wildman–Crippen MR) is 68.0 cm³/mol. The summed E-state index contributed by atoms with van der Waals surface area (Å²) in [5, 5.41) is 2.67. The molecule has 0 aliphatic carbocycles. The maximum absolute atomic E-state index is 12.1. The fraction of sp³-hybridized carbons (Fsp3) is 0.385. The lowest BCUT2D eigenvalue weighted by Crippen LogP contribution is -2.30. The van der Waals surface area contributed by atoms with Crippen LogP contribution in [0.4, 0.5) is 5.69 Å². The van der Waals surface area contributed by atoms with Crippen LogP contribution in [0.25, 0.3) is 0 Å². The zero-order valence-electron chi connectivity index (χ0n) is 10.5. The Morgan fingerprint density at radius 3 is 2.41 bits per heavy atom. The third-order valence-corrected chi connectivity index (χ3v) is 2.48. The molecule has 0 aliphatic heterocycles. The lowest BCUT2D eigenvalue weighted by molar-refractivity contribution is -0.114. The average molecular weight is 234 g/mol.